The Morgan fingerprint density at radius 1 is 1.06 bits per heavy atom. The fourth-order valence-corrected chi connectivity index (χ4v) is 4.26. The van der Waals surface area contributed by atoms with Crippen LogP contribution >= 0.6 is 35.0 Å². The van der Waals surface area contributed by atoms with E-state index in [2.05, 4.69) is 10.3 Å². The highest BCUT2D eigenvalue weighted by Gasteiger charge is 2.24. The second-order valence-electron chi connectivity index (χ2n) is 6.89. The maximum atomic E-state index is 13.1. The van der Waals surface area contributed by atoms with Crippen LogP contribution in [0.4, 0.5) is 10.1 Å². The van der Waals surface area contributed by atoms with Crippen molar-refractivity contribution in [2.45, 2.75) is 6.61 Å². The number of benzene rings is 3. The quantitative estimate of drug-likeness (QED) is 0.385. The first kappa shape index (κ1) is 23.2. The average molecular weight is 503 g/mol. The molecule has 3 aromatic rings. The number of amides is 1. The Morgan fingerprint density at radius 2 is 1.85 bits per heavy atom. The minimum absolute atomic E-state index is 0.244. The highest BCUT2D eigenvalue weighted by Crippen LogP contribution is 2.33. The normalized spacial score (nSPS) is 15.7. The highest BCUT2D eigenvalue weighted by atomic mass is 35.5. The van der Waals surface area contributed by atoms with Crippen LogP contribution in [0.1, 0.15) is 11.1 Å². The number of rotatable bonds is 6. The van der Waals surface area contributed by atoms with E-state index in [0.29, 0.717) is 37.3 Å². The Balaban J connectivity index is 1.48. The van der Waals surface area contributed by atoms with Crippen molar-refractivity contribution in [3.05, 3.63) is 92.6 Å². The van der Waals surface area contributed by atoms with Gasteiger partial charge < -0.3 is 14.8 Å². The molecule has 0 saturated carbocycles. The summed E-state index contributed by atoms with van der Waals surface area (Å²) in [4.78, 5) is 17.2. The molecule has 1 aliphatic rings. The molecular weight excluding hydrogens is 486 g/mol. The van der Waals surface area contributed by atoms with Crippen molar-refractivity contribution < 1.29 is 18.7 Å². The summed E-state index contributed by atoms with van der Waals surface area (Å²) >= 11 is 13.3. The van der Waals surface area contributed by atoms with Gasteiger partial charge in [0.2, 0.25) is 0 Å². The lowest BCUT2D eigenvalue weighted by Crippen LogP contribution is -2.19. The minimum atomic E-state index is -0.347. The van der Waals surface area contributed by atoms with Crippen LogP contribution in [0.5, 0.6) is 11.5 Å². The molecule has 1 aliphatic heterocycles. The van der Waals surface area contributed by atoms with E-state index in [4.69, 9.17) is 32.7 Å². The number of amidine groups is 1. The lowest BCUT2D eigenvalue weighted by Gasteiger charge is -2.12. The molecule has 0 aromatic heterocycles. The fourth-order valence-electron chi connectivity index (χ4n) is 2.95. The molecule has 4 rings (SSSR count). The first-order chi connectivity index (χ1) is 15.9. The summed E-state index contributed by atoms with van der Waals surface area (Å²) in [6.45, 7) is 0.244. The van der Waals surface area contributed by atoms with E-state index in [-0.39, 0.29) is 18.3 Å². The van der Waals surface area contributed by atoms with E-state index in [0.717, 1.165) is 11.1 Å². The van der Waals surface area contributed by atoms with Crippen molar-refractivity contribution in [1.82, 2.24) is 5.32 Å². The zero-order valence-electron chi connectivity index (χ0n) is 17.3. The predicted octanol–water partition coefficient (Wildman–Crippen LogP) is 6.61. The standard InChI is InChI=1S/C24H17Cl2FN2O3S/c1-31-21-10-14(2-9-20(21)32-13-15-3-4-16(25)12-19(15)26)11-22-23(30)29-24(33-22)28-18-7-5-17(27)6-8-18/h2-12H,13H2,1H3,(H,28,29,30)/b22-11+. The third-order valence-corrected chi connectivity index (χ3v) is 6.09. The maximum Gasteiger partial charge on any atom is 0.264 e. The lowest BCUT2D eigenvalue weighted by molar-refractivity contribution is -0.115. The SMILES string of the molecule is COc1cc(/C=C2/SC(=Nc3ccc(F)cc3)NC2=O)ccc1OCc1ccc(Cl)cc1Cl. The number of ether oxygens (including phenoxy) is 2. The number of carbonyl (C=O) groups is 1. The monoisotopic (exact) mass is 502 g/mol. The number of nitrogens with one attached hydrogen (secondary N) is 1. The van der Waals surface area contributed by atoms with Gasteiger partial charge in [0.05, 0.1) is 17.7 Å². The summed E-state index contributed by atoms with van der Waals surface area (Å²) in [5.74, 6) is 0.434. The third-order valence-electron chi connectivity index (χ3n) is 4.59. The van der Waals surface area contributed by atoms with Gasteiger partial charge in [-0.2, -0.15) is 0 Å². The molecular formula is C24H17Cl2FN2O3S. The Bertz CT molecular complexity index is 1260. The molecule has 0 radical (unpaired) electrons. The van der Waals surface area contributed by atoms with Gasteiger partial charge >= 0.3 is 0 Å². The van der Waals surface area contributed by atoms with E-state index in [1.54, 1.807) is 43.5 Å². The third kappa shape index (κ3) is 5.87. The molecule has 1 saturated heterocycles. The number of halogens is 3. The van der Waals surface area contributed by atoms with Crippen LogP contribution < -0.4 is 14.8 Å². The van der Waals surface area contributed by atoms with Crippen molar-refractivity contribution in [3.8, 4) is 11.5 Å². The van der Waals surface area contributed by atoms with Gasteiger partial charge in [-0.1, -0.05) is 35.3 Å². The zero-order chi connectivity index (χ0) is 23.4. The smallest absolute Gasteiger partial charge is 0.264 e. The molecule has 0 bridgehead atoms. The second kappa shape index (κ2) is 10.3. The van der Waals surface area contributed by atoms with Crippen LogP contribution in [-0.2, 0) is 11.4 Å². The predicted molar refractivity (Wildman–Crippen MR) is 131 cm³/mol. The van der Waals surface area contributed by atoms with Gasteiger partial charge in [0, 0.05) is 15.6 Å². The van der Waals surface area contributed by atoms with Crippen LogP contribution in [0.15, 0.2) is 70.6 Å². The molecule has 1 fully saturated rings. The summed E-state index contributed by atoms with van der Waals surface area (Å²) < 4.78 is 24.4. The highest BCUT2D eigenvalue weighted by molar-refractivity contribution is 8.18. The first-order valence-electron chi connectivity index (χ1n) is 9.71. The summed E-state index contributed by atoms with van der Waals surface area (Å²) in [6, 6.07) is 16.3. The molecule has 1 amide bonds. The molecule has 0 atom stereocenters. The molecule has 0 spiro atoms. The maximum absolute atomic E-state index is 13.1. The number of thioether (sulfide) groups is 1. The average Bonchev–Trinajstić information content (AvgIpc) is 3.13. The summed E-state index contributed by atoms with van der Waals surface area (Å²) in [7, 11) is 1.54. The van der Waals surface area contributed by atoms with Crippen molar-refractivity contribution in [1.29, 1.82) is 0 Å². The Kier molecular flexibility index (Phi) is 7.23. The number of nitrogens with zero attached hydrogens (tertiary/aromatic N) is 1. The topological polar surface area (TPSA) is 59.9 Å². The second-order valence-corrected chi connectivity index (χ2v) is 8.77. The number of hydrogen-bond acceptors (Lipinski definition) is 5. The van der Waals surface area contributed by atoms with Gasteiger partial charge in [-0.15, -0.1) is 0 Å². The van der Waals surface area contributed by atoms with Crippen molar-refractivity contribution >= 4 is 57.8 Å². The molecule has 3 aromatic carbocycles. The zero-order valence-corrected chi connectivity index (χ0v) is 19.6. The van der Waals surface area contributed by atoms with Crippen LogP contribution in [0.3, 0.4) is 0 Å². The fraction of sp³-hybridized carbons (Fsp3) is 0.0833. The number of carbonyl (C=O) groups excluding carboxylic acids is 1. The number of methoxy groups -OCH3 is 1. The number of aliphatic imine (C=N–C) groups is 1. The van der Waals surface area contributed by atoms with Gasteiger partial charge in [0.25, 0.3) is 5.91 Å². The molecule has 9 heteroatoms. The van der Waals surface area contributed by atoms with Crippen LogP contribution in [0, 0.1) is 5.82 Å². The molecule has 168 valence electrons. The van der Waals surface area contributed by atoms with Gasteiger partial charge in [0.1, 0.15) is 12.4 Å². The van der Waals surface area contributed by atoms with E-state index in [9.17, 15) is 9.18 Å². The van der Waals surface area contributed by atoms with Crippen molar-refractivity contribution in [2.75, 3.05) is 7.11 Å². The minimum Gasteiger partial charge on any atom is -0.493 e. The largest absolute Gasteiger partial charge is 0.493 e. The van der Waals surface area contributed by atoms with Crippen LogP contribution in [-0.4, -0.2) is 18.2 Å². The molecule has 0 aliphatic carbocycles. The Hall–Kier alpha value is -3.00. The van der Waals surface area contributed by atoms with E-state index >= 15 is 0 Å². The molecule has 1 N–H and O–H groups in total. The Labute approximate surface area is 204 Å². The summed E-state index contributed by atoms with van der Waals surface area (Å²) in [5, 5.41) is 4.20. The molecule has 33 heavy (non-hydrogen) atoms. The van der Waals surface area contributed by atoms with Crippen LogP contribution in [0.25, 0.3) is 6.08 Å². The first-order valence-corrected chi connectivity index (χ1v) is 11.3. The van der Waals surface area contributed by atoms with Crippen molar-refractivity contribution in [3.63, 3.8) is 0 Å². The van der Waals surface area contributed by atoms with Crippen molar-refractivity contribution in [2.24, 2.45) is 4.99 Å². The van der Waals surface area contributed by atoms with Gasteiger partial charge in [-0.3, -0.25) is 4.79 Å². The molecule has 0 unspecified atom stereocenters. The van der Waals surface area contributed by atoms with Gasteiger partial charge in [0.15, 0.2) is 16.7 Å². The van der Waals surface area contributed by atoms with E-state index < -0.39 is 0 Å². The van der Waals surface area contributed by atoms with Gasteiger partial charge in [-0.25, -0.2) is 9.38 Å². The molecule has 5 nitrogen and oxygen atoms in total. The van der Waals surface area contributed by atoms with Crippen LogP contribution in [0.2, 0.25) is 10.0 Å². The van der Waals surface area contributed by atoms with E-state index in [1.165, 1.54) is 36.0 Å². The lowest BCUT2D eigenvalue weighted by atomic mass is 10.2. The van der Waals surface area contributed by atoms with E-state index in [1.807, 2.05) is 6.07 Å². The number of hydrogen-bond donors (Lipinski definition) is 1. The summed E-state index contributed by atoms with van der Waals surface area (Å²) in [6.07, 6.45) is 1.73. The Morgan fingerprint density at radius 3 is 2.58 bits per heavy atom. The molecule has 1 heterocycles. The van der Waals surface area contributed by atoms with Gasteiger partial charge in [-0.05, 0) is 71.9 Å². The summed E-state index contributed by atoms with van der Waals surface area (Å²) in [5.41, 5.74) is 2.09.